The average Bonchev–Trinajstić information content (AvgIpc) is 2.80. The minimum atomic E-state index is 0.339. The first kappa shape index (κ1) is 12.6. The van der Waals surface area contributed by atoms with Gasteiger partial charge in [-0.25, -0.2) is 0 Å². The molecule has 0 bridgehead atoms. The van der Waals surface area contributed by atoms with Gasteiger partial charge in [-0.1, -0.05) is 45.0 Å². The first-order valence-electron chi connectivity index (χ1n) is 7.00. The van der Waals surface area contributed by atoms with E-state index in [9.17, 15) is 0 Å². The van der Waals surface area contributed by atoms with Crippen molar-refractivity contribution in [3.8, 4) is 0 Å². The van der Waals surface area contributed by atoms with Crippen molar-refractivity contribution in [2.45, 2.75) is 52.0 Å². The lowest BCUT2D eigenvalue weighted by Crippen LogP contribution is -2.46. The Balaban J connectivity index is 2.23. The molecule has 0 aromatic heterocycles. The predicted octanol–water partition coefficient (Wildman–Crippen LogP) is 3.57. The highest BCUT2D eigenvalue weighted by molar-refractivity contribution is 5.29. The Hall–Kier alpha value is -0.820. The van der Waals surface area contributed by atoms with Gasteiger partial charge in [0.25, 0.3) is 0 Å². The summed E-state index contributed by atoms with van der Waals surface area (Å²) in [5.41, 5.74) is 3.39. The van der Waals surface area contributed by atoms with Gasteiger partial charge in [-0.2, -0.15) is 0 Å². The van der Waals surface area contributed by atoms with E-state index in [2.05, 4.69) is 50.4 Å². The second-order valence-electron chi connectivity index (χ2n) is 5.64. The van der Waals surface area contributed by atoms with Crippen LogP contribution in [0.15, 0.2) is 24.3 Å². The molecule has 0 radical (unpaired) electrons. The number of nitrogens with one attached hydrogen (secondary N) is 1. The van der Waals surface area contributed by atoms with E-state index >= 15 is 0 Å². The van der Waals surface area contributed by atoms with Crippen molar-refractivity contribution >= 4 is 0 Å². The number of hydrogen-bond donors (Lipinski definition) is 1. The fourth-order valence-electron chi connectivity index (χ4n) is 3.09. The van der Waals surface area contributed by atoms with Crippen LogP contribution in [0.5, 0.6) is 0 Å². The van der Waals surface area contributed by atoms with E-state index in [0.717, 1.165) is 6.42 Å². The van der Waals surface area contributed by atoms with Crippen LogP contribution in [-0.4, -0.2) is 12.1 Å². The zero-order valence-corrected chi connectivity index (χ0v) is 11.4. The molecule has 1 aromatic carbocycles. The number of benzene rings is 1. The third-order valence-corrected chi connectivity index (χ3v) is 4.39. The van der Waals surface area contributed by atoms with Crippen molar-refractivity contribution in [2.75, 3.05) is 6.54 Å². The van der Waals surface area contributed by atoms with Gasteiger partial charge in [0.05, 0.1) is 0 Å². The van der Waals surface area contributed by atoms with E-state index in [1.54, 1.807) is 0 Å². The Bertz CT molecular complexity index is 362. The highest BCUT2D eigenvalue weighted by Crippen LogP contribution is 2.32. The topological polar surface area (TPSA) is 12.0 Å². The Morgan fingerprint density at radius 1 is 1.24 bits per heavy atom. The molecule has 1 aromatic rings. The lowest BCUT2D eigenvalue weighted by molar-refractivity contribution is 0.269. The van der Waals surface area contributed by atoms with Crippen molar-refractivity contribution in [3.63, 3.8) is 0 Å². The number of hydrogen-bond acceptors (Lipinski definition) is 1. The van der Waals surface area contributed by atoms with Crippen molar-refractivity contribution in [1.29, 1.82) is 0 Å². The van der Waals surface area contributed by atoms with Gasteiger partial charge in [-0.05, 0) is 49.3 Å². The Labute approximate surface area is 106 Å². The van der Waals surface area contributed by atoms with Gasteiger partial charge >= 0.3 is 0 Å². The first-order chi connectivity index (χ1) is 8.18. The van der Waals surface area contributed by atoms with Crippen LogP contribution in [-0.2, 0) is 12.8 Å². The van der Waals surface area contributed by atoms with Crippen LogP contribution in [0.4, 0.5) is 0 Å². The molecule has 1 unspecified atom stereocenters. The molecule has 1 heterocycles. The minimum absolute atomic E-state index is 0.339. The van der Waals surface area contributed by atoms with Gasteiger partial charge in [0.15, 0.2) is 0 Å². The maximum absolute atomic E-state index is 3.77. The lowest BCUT2D eigenvalue weighted by atomic mass is 9.78. The van der Waals surface area contributed by atoms with Crippen LogP contribution in [0.25, 0.3) is 0 Å². The van der Waals surface area contributed by atoms with Crippen LogP contribution >= 0.6 is 0 Å². The summed E-state index contributed by atoms with van der Waals surface area (Å²) in [5.74, 6) is 0.704. The van der Waals surface area contributed by atoms with Crippen LogP contribution in [0.2, 0.25) is 0 Å². The quantitative estimate of drug-likeness (QED) is 0.835. The van der Waals surface area contributed by atoms with E-state index in [4.69, 9.17) is 0 Å². The summed E-state index contributed by atoms with van der Waals surface area (Å²) in [4.78, 5) is 0. The van der Waals surface area contributed by atoms with E-state index in [1.807, 2.05) is 0 Å². The highest BCUT2D eigenvalue weighted by atomic mass is 15.0. The zero-order valence-electron chi connectivity index (χ0n) is 11.4. The normalized spacial score (nSPS) is 24.5. The summed E-state index contributed by atoms with van der Waals surface area (Å²) >= 11 is 0. The van der Waals surface area contributed by atoms with Gasteiger partial charge in [-0.3, -0.25) is 0 Å². The Morgan fingerprint density at radius 3 is 2.47 bits per heavy atom. The molecule has 1 nitrogen and oxygen atoms in total. The molecule has 1 atom stereocenters. The van der Waals surface area contributed by atoms with Gasteiger partial charge in [0, 0.05) is 5.54 Å². The molecular formula is C16H25N. The third kappa shape index (κ3) is 2.55. The predicted molar refractivity (Wildman–Crippen MR) is 74.3 cm³/mol. The first-order valence-corrected chi connectivity index (χ1v) is 7.00. The van der Waals surface area contributed by atoms with E-state index in [1.165, 1.54) is 36.9 Å². The molecule has 0 spiro atoms. The SMILES string of the molecule is CCc1ccccc1CC1(C(C)C)CCCN1. The zero-order chi connectivity index (χ0) is 12.3. The van der Waals surface area contributed by atoms with Crippen LogP contribution < -0.4 is 5.32 Å². The van der Waals surface area contributed by atoms with E-state index < -0.39 is 0 Å². The standard InChI is InChI=1S/C16H25N/c1-4-14-8-5-6-9-15(14)12-16(13(2)3)10-7-11-17-16/h5-6,8-9,13,17H,4,7,10-12H2,1-3H3. The summed E-state index contributed by atoms with van der Waals surface area (Å²) in [6, 6.07) is 8.92. The molecule has 1 aliphatic rings. The van der Waals surface area contributed by atoms with Gasteiger partial charge in [0.1, 0.15) is 0 Å². The summed E-state index contributed by atoms with van der Waals surface area (Å²) < 4.78 is 0. The minimum Gasteiger partial charge on any atom is -0.311 e. The van der Waals surface area contributed by atoms with Crippen LogP contribution in [0, 0.1) is 5.92 Å². The van der Waals surface area contributed by atoms with Crippen molar-refractivity contribution in [3.05, 3.63) is 35.4 Å². The summed E-state index contributed by atoms with van der Waals surface area (Å²) in [7, 11) is 0. The number of rotatable bonds is 4. The molecule has 1 N–H and O–H groups in total. The maximum Gasteiger partial charge on any atom is 0.0245 e. The average molecular weight is 231 g/mol. The molecule has 1 heteroatoms. The number of aryl methyl sites for hydroxylation is 1. The highest BCUT2D eigenvalue weighted by Gasteiger charge is 2.36. The van der Waals surface area contributed by atoms with Gasteiger partial charge in [0.2, 0.25) is 0 Å². The summed E-state index contributed by atoms with van der Waals surface area (Å²) in [6.07, 6.45) is 4.98. The molecule has 1 aliphatic heterocycles. The fourth-order valence-corrected chi connectivity index (χ4v) is 3.09. The van der Waals surface area contributed by atoms with Crippen LogP contribution in [0.3, 0.4) is 0 Å². The lowest BCUT2D eigenvalue weighted by Gasteiger charge is -2.35. The van der Waals surface area contributed by atoms with Crippen molar-refractivity contribution in [1.82, 2.24) is 5.32 Å². The smallest absolute Gasteiger partial charge is 0.0245 e. The second kappa shape index (κ2) is 5.22. The Kier molecular flexibility index (Phi) is 3.88. The van der Waals surface area contributed by atoms with E-state index in [0.29, 0.717) is 11.5 Å². The molecule has 1 saturated heterocycles. The van der Waals surface area contributed by atoms with Crippen LogP contribution in [0.1, 0.15) is 44.7 Å². The van der Waals surface area contributed by atoms with Gasteiger partial charge < -0.3 is 5.32 Å². The second-order valence-corrected chi connectivity index (χ2v) is 5.64. The van der Waals surface area contributed by atoms with Gasteiger partial charge in [-0.15, -0.1) is 0 Å². The summed E-state index contributed by atoms with van der Waals surface area (Å²) in [5, 5.41) is 3.77. The summed E-state index contributed by atoms with van der Waals surface area (Å²) in [6.45, 7) is 8.15. The third-order valence-electron chi connectivity index (χ3n) is 4.39. The molecule has 94 valence electrons. The van der Waals surface area contributed by atoms with E-state index in [-0.39, 0.29) is 0 Å². The molecule has 0 amide bonds. The molecular weight excluding hydrogens is 206 g/mol. The molecule has 0 saturated carbocycles. The molecule has 2 rings (SSSR count). The molecule has 0 aliphatic carbocycles. The monoisotopic (exact) mass is 231 g/mol. The fraction of sp³-hybridized carbons (Fsp3) is 0.625. The maximum atomic E-state index is 3.77. The van der Waals surface area contributed by atoms with Crippen molar-refractivity contribution in [2.24, 2.45) is 5.92 Å². The molecule has 17 heavy (non-hydrogen) atoms. The Morgan fingerprint density at radius 2 is 1.94 bits per heavy atom. The van der Waals surface area contributed by atoms with Crippen molar-refractivity contribution < 1.29 is 0 Å². The largest absolute Gasteiger partial charge is 0.311 e. The molecule has 1 fully saturated rings.